The minimum absolute atomic E-state index is 0.307. The van der Waals surface area contributed by atoms with Gasteiger partial charge in [0.15, 0.2) is 6.10 Å². The molecule has 1 aromatic carbocycles. The van der Waals surface area contributed by atoms with Gasteiger partial charge in [0.05, 0.1) is 0 Å². The molecule has 1 aliphatic rings. The van der Waals surface area contributed by atoms with Crippen molar-refractivity contribution >= 4 is 33.3 Å². The minimum Gasteiger partial charge on any atom is -0.481 e. The molecule has 0 bridgehead atoms. The second-order valence-electron chi connectivity index (χ2n) is 6.63. The number of benzene rings is 1. The smallest absolute Gasteiger partial charge is 0.336 e. The number of fused-ring (bicyclic) bond motifs is 1. The maximum Gasteiger partial charge on any atom is 0.336 e. The number of anilines is 1. The molecule has 2 heterocycles. The van der Waals surface area contributed by atoms with Crippen molar-refractivity contribution in [1.29, 1.82) is 0 Å². The number of rotatable bonds is 5. The lowest BCUT2D eigenvalue weighted by atomic mass is 10.1. The highest BCUT2D eigenvalue weighted by Gasteiger charge is 2.22. The van der Waals surface area contributed by atoms with E-state index in [-0.39, 0.29) is 5.91 Å². The number of hydrogen-bond donors (Lipinski definition) is 1. The van der Waals surface area contributed by atoms with Crippen LogP contribution in [0.15, 0.2) is 39.5 Å². The fourth-order valence-electron chi connectivity index (χ4n) is 3.20. The van der Waals surface area contributed by atoms with Crippen molar-refractivity contribution in [1.82, 2.24) is 10.2 Å². The van der Waals surface area contributed by atoms with E-state index in [1.807, 2.05) is 0 Å². The molecule has 7 nitrogen and oxygen atoms in total. The molecule has 0 spiro atoms. The highest BCUT2D eigenvalue weighted by Crippen LogP contribution is 2.36. The van der Waals surface area contributed by atoms with Crippen LogP contribution in [-0.4, -0.2) is 22.2 Å². The van der Waals surface area contributed by atoms with Gasteiger partial charge in [0.2, 0.25) is 5.13 Å². The average molecular weight is 385 g/mol. The summed E-state index contributed by atoms with van der Waals surface area (Å²) >= 11 is 1.43. The van der Waals surface area contributed by atoms with Crippen LogP contribution in [-0.2, 0) is 4.79 Å². The average Bonchev–Trinajstić information content (AvgIpc) is 3.32. The molecule has 140 valence electrons. The van der Waals surface area contributed by atoms with Crippen LogP contribution in [0.4, 0.5) is 5.13 Å². The standard InChI is InChI=1S/C19H19N3O4S/c1-11(25-14-8-6-12-7-9-16(23)26-15(12)10-14)17(24)20-19-22-21-18(27-19)13-4-2-3-5-13/h6-11,13H,2-5H2,1H3,(H,20,22,24). The second kappa shape index (κ2) is 7.48. The fraction of sp³-hybridized carbons (Fsp3) is 0.368. The molecule has 1 amide bonds. The van der Waals surface area contributed by atoms with Crippen molar-refractivity contribution < 1.29 is 13.9 Å². The van der Waals surface area contributed by atoms with Crippen molar-refractivity contribution in [2.45, 2.75) is 44.6 Å². The van der Waals surface area contributed by atoms with Gasteiger partial charge in [-0.1, -0.05) is 24.2 Å². The minimum atomic E-state index is -0.739. The first-order valence-electron chi connectivity index (χ1n) is 8.93. The quantitative estimate of drug-likeness (QED) is 0.673. The van der Waals surface area contributed by atoms with E-state index in [1.165, 1.54) is 30.2 Å². The van der Waals surface area contributed by atoms with E-state index in [0.29, 0.717) is 22.4 Å². The van der Waals surface area contributed by atoms with E-state index in [0.717, 1.165) is 23.2 Å². The van der Waals surface area contributed by atoms with E-state index in [1.54, 1.807) is 31.2 Å². The molecule has 1 unspecified atom stereocenters. The normalized spacial score (nSPS) is 15.7. The van der Waals surface area contributed by atoms with E-state index < -0.39 is 11.7 Å². The predicted octanol–water partition coefficient (Wildman–Crippen LogP) is 3.71. The van der Waals surface area contributed by atoms with Crippen LogP contribution in [0.3, 0.4) is 0 Å². The van der Waals surface area contributed by atoms with Gasteiger partial charge in [-0.05, 0) is 38.0 Å². The van der Waals surface area contributed by atoms with Crippen LogP contribution in [0.1, 0.15) is 43.5 Å². The van der Waals surface area contributed by atoms with Gasteiger partial charge in [0, 0.05) is 23.4 Å². The second-order valence-corrected chi connectivity index (χ2v) is 7.64. The molecular formula is C19H19N3O4S. The number of carbonyl (C=O) groups excluding carboxylic acids is 1. The summed E-state index contributed by atoms with van der Waals surface area (Å²) in [5.74, 6) is 0.608. The number of carbonyl (C=O) groups is 1. The van der Waals surface area contributed by atoms with Crippen LogP contribution < -0.4 is 15.7 Å². The van der Waals surface area contributed by atoms with Gasteiger partial charge < -0.3 is 9.15 Å². The van der Waals surface area contributed by atoms with Crippen LogP contribution >= 0.6 is 11.3 Å². The summed E-state index contributed by atoms with van der Waals surface area (Å²) in [5.41, 5.74) is -0.0160. The van der Waals surface area contributed by atoms with Crippen LogP contribution in [0.2, 0.25) is 0 Å². The Morgan fingerprint density at radius 1 is 1.26 bits per heavy atom. The third-order valence-corrected chi connectivity index (χ3v) is 5.65. The van der Waals surface area contributed by atoms with Crippen molar-refractivity contribution in [2.75, 3.05) is 5.32 Å². The monoisotopic (exact) mass is 385 g/mol. The Balaban J connectivity index is 1.41. The van der Waals surface area contributed by atoms with E-state index in [9.17, 15) is 9.59 Å². The molecule has 8 heteroatoms. The first kappa shape index (κ1) is 17.7. The Bertz CT molecular complexity index is 1020. The molecule has 27 heavy (non-hydrogen) atoms. The summed E-state index contributed by atoms with van der Waals surface area (Å²) in [5, 5.41) is 13.3. The summed E-state index contributed by atoms with van der Waals surface area (Å²) in [6.07, 6.45) is 3.99. The van der Waals surface area contributed by atoms with Gasteiger partial charge in [0.1, 0.15) is 16.3 Å². The van der Waals surface area contributed by atoms with Crippen molar-refractivity contribution in [3.63, 3.8) is 0 Å². The van der Waals surface area contributed by atoms with Gasteiger partial charge in [0.25, 0.3) is 5.91 Å². The largest absolute Gasteiger partial charge is 0.481 e. The number of nitrogens with one attached hydrogen (secondary N) is 1. The lowest BCUT2D eigenvalue weighted by molar-refractivity contribution is -0.122. The SMILES string of the molecule is CC(Oc1ccc2ccc(=O)oc2c1)C(=O)Nc1nnc(C2CCCC2)s1. The number of amides is 1. The van der Waals surface area contributed by atoms with Crippen molar-refractivity contribution in [3.05, 3.63) is 45.8 Å². The zero-order valence-corrected chi connectivity index (χ0v) is 15.6. The van der Waals surface area contributed by atoms with E-state index >= 15 is 0 Å². The van der Waals surface area contributed by atoms with Crippen LogP contribution in [0.5, 0.6) is 5.75 Å². The number of hydrogen-bond acceptors (Lipinski definition) is 7. The molecule has 1 atom stereocenters. The van der Waals surface area contributed by atoms with Crippen molar-refractivity contribution in [3.8, 4) is 5.75 Å². The first-order chi connectivity index (χ1) is 13.1. The molecule has 4 rings (SSSR count). The molecule has 0 aliphatic heterocycles. The number of ether oxygens (including phenoxy) is 1. The summed E-state index contributed by atoms with van der Waals surface area (Å²) in [6, 6.07) is 8.15. The fourth-order valence-corrected chi connectivity index (χ4v) is 4.12. The summed E-state index contributed by atoms with van der Waals surface area (Å²) < 4.78 is 10.8. The van der Waals surface area contributed by atoms with Crippen LogP contribution in [0, 0.1) is 0 Å². The topological polar surface area (TPSA) is 94.3 Å². The zero-order valence-electron chi connectivity index (χ0n) is 14.8. The Hall–Kier alpha value is -2.74. The lowest BCUT2D eigenvalue weighted by Gasteiger charge is -2.13. The molecule has 0 radical (unpaired) electrons. The molecule has 3 aromatic rings. The third-order valence-electron chi connectivity index (χ3n) is 4.65. The van der Waals surface area contributed by atoms with E-state index in [4.69, 9.17) is 9.15 Å². The number of aromatic nitrogens is 2. The Morgan fingerprint density at radius 3 is 2.85 bits per heavy atom. The highest BCUT2D eigenvalue weighted by atomic mass is 32.1. The maximum atomic E-state index is 12.4. The van der Waals surface area contributed by atoms with Crippen molar-refractivity contribution in [2.24, 2.45) is 0 Å². The third kappa shape index (κ3) is 4.00. The van der Waals surface area contributed by atoms with Gasteiger partial charge in [-0.25, -0.2) is 4.79 Å². The van der Waals surface area contributed by atoms with E-state index in [2.05, 4.69) is 15.5 Å². The Labute approximate surface area is 159 Å². The summed E-state index contributed by atoms with van der Waals surface area (Å²) in [7, 11) is 0. The molecule has 2 aromatic heterocycles. The molecular weight excluding hydrogens is 366 g/mol. The molecule has 0 saturated heterocycles. The van der Waals surface area contributed by atoms with Gasteiger partial charge in [-0.2, -0.15) is 0 Å². The van der Waals surface area contributed by atoms with Crippen LogP contribution in [0.25, 0.3) is 11.0 Å². The number of nitrogens with zero attached hydrogens (tertiary/aromatic N) is 2. The molecule has 1 N–H and O–H groups in total. The molecule has 1 fully saturated rings. The zero-order chi connectivity index (χ0) is 18.8. The van der Waals surface area contributed by atoms with Gasteiger partial charge in [-0.15, -0.1) is 10.2 Å². The first-order valence-corrected chi connectivity index (χ1v) is 9.75. The molecule has 1 saturated carbocycles. The lowest BCUT2D eigenvalue weighted by Crippen LogP contribution is -2.30. The highest BCUT2D eigenvalue weighted by molar-refractivity contribution is 7.15. The Morgan fingerprint density at radius 2 is 2.04 bits per heavy atom. The van der Waals surface area contributed by atoms with Gasteiger partial charge >= 0.3 is 5.63 Å². The maximum absolute atomic E-state index is 12.4. The van der Waals surface area contributed by atoms with Gasteiger partial charge in [-0.3, -0.25) is 10.1 Å². The molecule has 1 aliphatic carbocycles. The predicted molar refractivity (Wildman–Crippen MR) is 102 cm³/mol. The summed E-state index contributed by atoms with van der Waals surface area (Å²) in [4.78, 5) is 23.7. The Kier molecular flexibility index (Phi) is 4.89. The summed E-state index contributed by atoms with van der Waals surface area (Å²) in [6.45, 7) is 1.65.